The first-order chi connectivity index (χ1) is 8.63. The maximum atomic E-state index is 11.9. The predicted octanol–water partition coefficient (Wildman–Crippen LogP) is 1.58. The Balaban J connectivity index is 2.39. The molecule has 1 unspecified atom stereocenters. The molecule has 1 amide bonds. The lowest BCUT2D eigenvalue weighted by Crippen LogP contribution is -2.47. The minimum Gasteiger partial charge on any atom is -0.496 e. The lowest BCUT2D eigenvalue weighted by atomic mass is 9.96. The van der Waals surface area contributed by atoms with Crippen molar-refractivity contribution in [3.63, 3.8) is 0 Å². The average Bonchev–Trinajstić information content (AvgIpc) is 2.38. The third-order valence-electron chi connectivity index (χ3n) is 3.27. The summed E-state index contributed by atoms with van der Waals surface area (Å²) in [5.74, 6) is 1.20. The Kier molecular flexibility index (Phi) is 3.87. The number of nitrogens with one attached hydrogen (secondary N) is 2. The standard InChI is InChI=1S/C14H20N2O2/c1-9(2)10-4-5-12(18-3)11(8-10)13-14(17)16-7-6-15-13/h4-5,8-9,13,15H,6-7H2,1-3H3,(H,16,17). The van der Waals surface area contributed by atoms with Crippen LogP contribution in [-0.2, 0) is 4.79 Å². The van der Waals surface area contributed by atoms with Crippen molar-refractivity contribution < 1.29 is 9.53 Å². The van der Waals surface area contributed by atoms with E-state index in [1.807, 2.05) is 12.1 Å². The van der Waals surface area contributed by atoms with Crippen molar-refractivity contribution in [3.05, 3.63) is 29.3 Å². The number of methoxy groups -OCH3 is 1. The van der Waals surface area contributed by atoms with E-state index in [2.05, 4.69) is 30.5 Å². The minimum atomic E-state index is -0.313. The summed E-state index contributed by atoms with van der Waals surface area (Å²) in [6.45, 7) is 5.74. The summed E-state index contributed by atoms with van der Waals surface area (Å²) in [6.07, 6.45) is 0. The molecular formula is C14H20N2O2. The summed E-state index contributed by atoms with van der Waals surface area (Å²) in [6, 6.07) is 5.74. The molecule has 0 bridgehead atoms. The first-order valence-corrected chi connectivity index (χ1v) is 6.32. The van der Waals surface area contributed by atoms with E-state index in [1.165, 1.54) is 5.56 Å². The van der Waals surface area contributed by atoms with Gasteiger partial charge in [0.15, 0.2) is 0 Å². The van der Waals surface area contributed by atoms with Crippen molar-refractivity contribution in [2.24, 2.45) is 0 Å². The van der Waals surface area contributed by atoms with Crippen LogP contribution in [0.15, 0.2) is 18.2 Å². The van der Waals surface area contributed by atoms with Crippen LogP contribution in [0.2, 0.25) is 0 Å². The molecular weight excluding hydrogens is 228 g/mol. The molecule has 1 aromatic rings. The molecule has 2 rings (SSSR count). The number of hydrogen-bond acceptors (Lipinski definition) is 3. The van der Waals surface area contributed by atoms with Crippen molar-refractivity contribution in [2.45, 2.75) is 25.8 Å². The molecule has 1 aliphatic rings. The largest absolute Gasteiger partial charge is 0.496 e. The molecule has 1 atom stereocenters. The van der Waals surface area contributed by atoms with E-state index in [-0.39, 0.29) is 11.9 Å². The summed E-state index contributed by atoms with van der Waals surface area (Å²) >= 11 is 0. The Morgan fingerprint density at radius 2 is 2.11 bits per heavy atom. The second-order valence-electron chi connectivity index (χ2n) is 4.83. The molecule has 18 heavy (non-hydrogen) atoms. The zero-order valence-electron chi connectivity index (χ0n) is 11.1. The van der Waals surface area contributed by atoms with E-state index >= 15 is 0 Å². The summed E-state index contributed by atoms with van der Waals surface area (Å²) in [7, 11) is 1.63. The molecule has 1 fully saturated rings. The van der Waals surface area contributed by atoms with Gasteiger partial charge in [0.1, 0.15) is 11.8 Å². The summed E-state index contributed by atoms with van der Waals surface area (Å²) < 4.78 is 5.36. The van der Waals surface area contributed by atoms with Gasteiger partial charge in [0.2, 0.25) is 5.91 Å². The van der Waals surface area contributed by atoms with E-state index in [0.29, 0.717) is 12.5 Å². The first-order valence-electron chi connectivity index (χ1n) is 6.32. The third-order valence-corrected chi connectivity index (χ3v) is 3.27. The van der Waals surface area contributed by atoms with Gasteiger partial charge in [0.05, 0.1) is 7.11 Å². The molecule has 0 aromatic heterocycles. The van der Waals surface area contributed by atoms with Gasteiger partial charge in [-0.05, 0) is 23.6 Å². The normalized spacial score (nSPS) is 19.8. The summed E-state index contributed by atoms with van der Waals surface area (Å²) in [5.41, 5.74) is 2.13. The highest BCUT2D eigenvalue weighted by Gasteiger charge is 2.26. The van der Waals surface area contributed by atoms with Crippen molar-refractivity contribution in [1.82, 2.24) is 10.6 Å². The van der Waals surface area contributed by atoms with Crippen LogP contribution in [-0.4, -0.2) is 26.1 Å². The molecule has 4 nitrogen and oxygen atoms in total. The fraction of sp³-hybridized carbons (Fsp3) is 0.500. The number of ether oxygens (including phenoxy) is 1. The highest BCUT2D eigenvalue weighted by molar-refractivity contribution is 5.84. The van der Waals surface area contributed by atoms with Crippen LogP contribution in [0.1, 0.15) is 36.9 Å². The molecule has 0 saturated carbocycles. The highest BCUT2D eigenvalue weighted by atomic mass is 16.5. The molecule has 0 radical (unpaired) electrons. The van der Waals surface area contributed by atoms with Crippen LogP contribution >= 0.6 is 0 Å². The number of rotatable bonds is 3. The van der Waals surface area contributed by atoms with Gasteiger partial charge in [-0.15, -0.1) is 0 Å². The van der Waals surface area contributed by atoms with Crippen molar-refractivity contribution in [1.29, 1.82) is 0 Å². The molecule has 0 aliphatic carbocycles. The van der Waals surface area contributed by atoms with Crippen LogP contribution < -0.4 is 15.4 Å². The minimum absolute atomic E-state index is 0.0143. The van der Waals surface area contributed by atoms with Crippen LogP contribution in [0.25, 0.3) is 0 Å². The second kappa shape index (κ2) is 5.40. The molecule has 2 N–H and O–H groups in total. The van der Waals surface area contributed by atoms with E-state index < -0.39 is 0 Å². The average molecular weight is 248 g/mol. The van der Waals surface area contributed by atoms with Gasteiger partial charge in [-0.25, -0.2) is 0 Å². The number of carbonyl (C=O) groups excluding carboxylic acids is 1. The Labute approximate surface area is 108 Å². The fourth-order valence-corrected chi connectivity index (χ4v) is 2.19. The topological polar surface area (TPSA) is 50.4 Å². The molecule has 1 saturated heterocycles. The van der Waals surface area contributed by atoms with Gasteiger partial charge < -0.3 is 15.4 Å². The fourth-order valence-electron chi connectivity index (χ4n) is 2.19. The maximum Gasteiger partial charge on any atom is 0.241 e. The van der Waals surface area contributed by atoms with Crippen LogP contribution in [0.5, 0.6) is 5.75 Å². The number of amides is 1. The number of benzene rings is 1. The third kappa shape index (κ3) is 2.48. The summed E-state index contributed by atoms with van der Waals surface area (Å²) in [4.78, 5) is 11.9. The Morgan fingerprint density at radius 3 is 2.72 bits per heavy atom. The number of hydrogen-bond donors (Lipinski definition) is 2. The van der Waals surface area contributed by atoms with Crippen LogP contribution in [0.3, 0.4) is 0 Å². The molecule has 98 valence electrons. The van der Waals surface area contributed by atoms with Gasteiger partial charge in [-0.3, -0.25) is 4.79 Å². The van der Waals surface area contributed by atoms with Crippen molar-refractivity contribution >= 4 is 5.91 Å². The monoisotopic (exact) mass is 248 g/mol. The molecule has 4 heteroatoms. The number of piperazine rings is 1. The smallest absolute Gasteiger partial charge is 0.241 e. The zero-order valence-corrected chi connectivity index (χ0v) is 11.1. The van der Waals surface area contributed by atoms with Gasteiger partial charge in [0, 0.05) is 18.7 Å². The molecule has 0 spiro atoms. The van der Waals surface area contributed by atoms with Crippen molar-refractivity contribution in [2.75, 3.05) is 20.2 Å². The van der Waals surface area contributed by atoms with E-state index in [1.54, 1.807) is 7.11 Å². The van der Waals surface area contributed by atoms with Gasteiger partial charge in [0.25, 0.3) is 0 Å². The molecule has 1 heterocycles. The van der Waals surface area contributed by atoms with E-state index in [4.69, 9.17) is 4.74 Å². The first kappa shape index (κ1) is 12.9. The van der Waals surface area contributed by atoms with E-state index in [0.717, 1.165) is 17.9 Å². The predicted molar refractivity (Wildman–Crippen MR) is 70.8 cm³/mol. The highest BCUT2D eigenvalue weighted by Crippen LogP contribution is 2.29. The summed E-state index contributed by atoms with van der Waals surface area (Å²) in [5, 5.41) is 6.11. The molecule has 1 aliphatic heterocycles. The lowest BCUT2D eigenvalue weighted by molar-refractivity contribution is -0.124. The van der Waals surface area contributed by atoms with Crippen LogP contribution in [0, 0.1) is 0 Å². The number of carbonyl (C=O) groups is 1. The quantitative estimate of drug-likeness (QED) is 0.854. The molecule has 1 aromatic carbocycles. The van der Waals surface area contributed by atoms with Gasteiger partial charge in [-0.2, -0.15) is 0 Å². The Morgan fingerprint density at radius 1 is 1.33 bits per heavy atom. The van der Waals surface area contributed by atoms with Gasteiger partial charge in [-0.1, -0.05) is 19.9 Å². The zero-order chi connectivity index (χ0) is 13.1. The maximum absolute atomic E-state index is 11.9. The van der Waals surface area contributed by atoms with Crippen LogP contribution in [0.4, 0.5) is 0 Å². The van der Waals surface area contributed by atoms with Gasteiger partial charge >= 0.3 is 0 Å². The SMILES string of the molecule is COc1ccc(C(C)C)cc1C1NCCNC1=O. The van der Waals surface area contributed by atoms with E-state index in [9.17, 15) is 4.79 Å². The Hall–Kier alpha value is -1.55. The van der Waals surface area contributed by atoms with Crippen molar-refractivity contribution in [3.8, 4) is 5.75 Å². The Bertz CT molecular complexity index is 443. The lowest BCUT2D eigenvalue weighted by Gasteiger charge is -2.26. The second-order valence-corrected chi connectivity index (χ2v) is 4.83.